The smallest absolute Gasteiger partial charge is 0.269 e. The van der Waals surface area contributed by atoms with Gasteiger partial charge in [0.25, 0.3) is 5.69 Å². The summed E-state index contributed by atoms with van der Waals surface area (Å²) in [5.41, 5.74) is 2.24. The predicted octanol–water partition coefficient (Wildman–Crippen LogP) is 3.65. The zero-order chi connectivity index (χ0) is 13.8. The summed E-state index contributed by atoms with van der Waals surface area (Å²) in [6.07, 6.45) is 0. The molecule has 5 heteroatoms. The monoisotopic (exact) mass is 260 g/mol. The van der Waals surface area contributed by atoms with Gasteiger partial charge in [-0.05, 0) is 36.2 Å². The Labute approximate surface area is 110 Å². The SMILES string of the molecule is Cc1ccc(CNc2ccc([N+](=O)[O-])cc2)cc1F. The molecule has 0 heterocycles. The normalized spacial score (nSPS) is 10.2. The fraction of sp³-hybridized carbons (Fsp3) is 0.143. The third-order valence-corrected chi connectivity index (χ3v) is 2.81. The summed E-state index contributed by atoms with van der Waals surface area (Å²) in [6.45, 7) is 2.18. The van der Waals surface area contributed by atoms with Crippen molar-refractivity contribution in [2.45, 2.75) is 13.5 Å². The number of aryl methyl sites for hydroxylation is 1. The van der Waals surface area contributed by atoms with Gasteiger partial charge in [0.05, 0.1) is 4.92 Å². The quantitative estimate of drug-likeness (QED) is 0.674. The molecule has 0 aliphatic heterocycles. The molecule has 19 heavy (non-hydrogen) atoms. The summed E-state index contributed by atoms with van der Waals surface area (Å²) < 4.78 is 13.3. The van der Waals surface area contributed by atoms with Crippen LogP contribution in [0.15, 0.2) is 42.5 Å². The van der Waals surface area contributed by atoms with Crippen LogP contribution in [0.4, 0.5) is 15.8 Å². The van der Waals surface area contributed by atoms with E-state index < -0.39 is 4.92 Å². The van der Waals surface area contributed by atoms with E-state index in [9.17, 15) is 14.5 Å². The highest BCUT2D eigenvalue weighted by Crippen LogP contribution is 2.16. The van der Waals surface area contributed by atoms with E-state index in [0.717, 1.165) is 11.3 Å². The van der Waals surface area contributed by atoms with Crippen LogP contribution in [0.1, 0.15) is 11.1 Å². The Morgan fingerprint density at radius 3 is 2.47 bits per heavy atom. The molecule has 2 rings (SSSR count). The maximum absolute atomic E-state index is 13.3. The van der Waals surface area contributed by atoms with Crippen molar-refractivity contribution >= 4 is 11.4 Å². The van der Waals surface area contributed by atoms with Gasteiger partial charge in [0.15, 0.2) is 0 Å². The first-order chi connectivity index (χ1) is 9.06. The second-order valence-electron chi connectivity index (χ2n) is 4.24. The zero-order valence-corrected chi connectivity index (χ0v) is 10.4. The van der Waals surface area contributed by atoms with E-state index in [2.05, 4.69) is 5.32 Å². The Morgan fingerprint density at radius 2 is 1.89 bits per heavy atom. The lowest BCUT2D eigenvalue weighted by molar-refractivity contribution is -0.384. The summed E-state index contributed by atoms with van der Waals surface area (Å²) in [4.78, 5) is 10.1. The zero-order valence-electron chi connectivity index (χ0n) is 10.4. The lowest BCUT2D eigenvalue weighted by Gasteiger charge is -2.07. The van der Waals surface area contributed by atoms with Crippen LogP contribution < -0.4 is 5.32 Å². The number of benzene rings is 2. The molecule has 4 nitrogen and oxygen atoms in total. The number of halogens is 1. The highest BCUT2D eigenvalue weighted by molar-refractivity contribution is 5.48. The Balaban J connectivity index is 2.01. The second kappa shape index (κ2) is 5.48. The molecule has 0 aliphatic carbocycles. The first kappa shape index (κ1) is 13.0. The first-order valence-corrected chi connectivity index (χ1v) is 5.79. The van der Waals surface area contributed by atoms with Crippen LogP contribution in [0, 0.1) is 22.9 Å². The van der Waals surface area contributed by atoms with Crippen LogP contribution in [0.25, 0.3) is 0 Å². The van der Waals surface area contributed by atoms with Crippen molar-refractivity contribution < 1.29 is 9.31 Å². The van der Waals surface area contributed by atoms with Crippen LogP contribution in [0.2, 0.25) is 0 Å². The fourth-order valence-corrected chi connectivity index (χ4v) is 1.65. The number of nitrogens with one attached hydrogen (secondary N) is 1. The first-order valence-electron chi connectivity index (χ1n) is 5.79. The lowest BCUT2D eigenvalue weighted by Crippen LogP contribution is -2.00. The van der Waals surface area contributed by atoms with Crippen LogP contribution in [-0.2, 0) is 6.54 Å². The molecule has 1 N–H and O–H groups in total. The molecular formula is C14H13FN2O2. The molecule has 0 saturated carbocycles. The Kier molecular flexibility index (Phi) is 3.75. The molecule has 0 radical (unpaired) electrons. The van der Waals surface area contributed by atoms with Crippen molar-refractivity contribution in [1.29, 1.82) is 0 Å². The van der Waals surface area contributed by atoms with Crippen molar-refractivity contribution in [3.8, 4) is 0 Å². The molecule has 0 bridgehead atoms. The van der Waals surface area contributed by atoms with Crippen LogP contribution >= 0.6 is 0 Å². The number of nitro groups is 1. The maximum Gasteiger partial charge on any atom is 0.269 e. The van der Waals surface area contributed by atoms with E-state index in [1.807, 2.05) is 6.07 Å². The van der Waals surface area contributed by atoms with Gasteiger partial charge >= 0.3 is 0 Å². The van der Waals surface area contributed by atoms with Gasteiger partial charge in [0.1, 0.15) is 5.82 Å². The summed E-state index contributed by atoms with van der Waals surface area (Å²) >= 11 is 0. The van der Waals surface area contributed by atoms with Crippen molar-refractivity contribution in [1.82, 2.24) is 0 Å². The summed E-state index contributed by atoms with van der Waals surface area (Å²) in [5, 5.41) is 13.6. The third kappa shape index (κ3) is 3.28. The topological polar surface area (TPSA) is 55.2 Å². The highest BCUT2D eigenvalue weighted by Gasteiger charge is 2.04. The number of nitro benzene ring substituents is 1. The van der Waals surface area contributed by atoms with E-state index in [-0.39, 0.29) is 11.5 Å². The molecule has 0 unspecified atom stereocenters. The molecule has 0 saturated heterocycles. The maximum atomic E-state index is 13.3. The number of hydrogen-bond acceptors (Lipinski definition) is 3. The molecule has 2 aromatic carbocycles. The number of rotatable bonds is 4. The average Bonchev–Trinajstić information content (AvgIpc) is 2.40. The number of anilines is 1. The number of hydrogen-bond donors (Lipinski definition) is 1. The Hall–Kier alpha value is -2.43. The standard InChI is InChI=1S/C14H13FN2O2/c1-10-2-3-11(8-14(10)15)9-16-12-4-6-13(7-5-12)17(18)19/h2-8,16H,9H2,1H3. The minimum absolute atomic E-state index is 0.0481. The van der Waals surface area contributed by atoms with Gasteiger partial charge in [-0.1, -0.05) is 12.1 Å². The minimum atomic E-state index is -0.445. The molecule has 0 amide bonds. The Bertz CT molecular complexity index is 597. The van der Waals surface area contributed by atoms with E-state index in [1.54, 1.807) is 25.1 Å². The van der Waals surface area contributed by atoms with Crippen molar-refractivity contribution in [3.05, 3.63) is 69.5 Å². The molecule has 0 aromatic heterocycles. The molecule has 98 valence electrons. The van der Waals surface area contributed by atoms with Crippen molar-refractivity contribution in [3.63, 3.8) is 0 Å². The van der Waals surface area contributed by atoms with Gasteiger partial charge in [-0.2, -0.15) is 0 Å². The van der Waals surface area contributed by atoms with E-state index >= 15 is 0 Å². The van der Waals surface area contributed by atoms with E-state index in [1.165, 1.54) is 18.2 Å². The highest BCUT2D eigenvalue weighted by atomic mass is 19.1. The van der Waals surface area contributed by atoms with Gasteiger partial charge in [-0.25, -0.2) is 4.39 Å². The van der Waals surface area contributed by atoms with E-state index in [4.69, 9.17) is 0 Å². The van der Waals surface area contributed by atoms with Gasteiger partial charge in [0, 0.05) is 24.4 Å². The molecule has 0 aliphatic rings. The van der Waals surface area contributed by atoms with Crippen LogP contribution in [0.5, 0.6) is 0 Å². The molecule has 0 fully saturated rings. The van der Waals surface area contributed by atoms with Crippen molar-refractivity contribution in [2.24, 2.45) is 0 Å². The van der Waals surface area contributed by atoms with Gasteiger partial charge in [-0.15, -0.1) is 0 Å². The van der Waals surface area contributed by atoms with Gasteiger partial charge in [-0.3, -0.25) is 10.1 Å². The molecule has 0 atom stereocenters. The van der Waals surface area contributed by atoms with Crippen molar-refractivity contribution in [2.75, 3.05) is 5.32 Å². The van der Waals surface area contributed by atoms with E-state index in [0.29, 0.717) is 12.1 Å². The lowest BCUT2D eigenvalue weighted by atomic mass is 10.1. The predicted molar refractivity (Wildman–Crippen MR) is 71.6 cm³/mol. The summed E-state index contributed by atoms with van der Waals surface area (Å²) in [6, 6.07) is 11.2. The summed E-state index contributed by atoms with van der Waals surface area (Å²) in [7, 11) is 0. The second-order valence-corrected chi connectivity index (χ2v) is 4.24. The number of non-ortho nitro benzene ring substituents is 1. The molecule has 2 aromatic rings. The minimum Gasteiger partial charge on any atom is -0.381 e. The largest absolute Gasteiger partial charge is 0.381 e. The van der Waals surface area contributed by atoms with Gasteiger partial charge in [0.2, 0.25) is 0 Å². The fourth-order valence-electron chi connectivity index (χ4n) is 1.65. The molecule has 0 spiro atoms. The summed E-state index contributed by atoms with van der Waals surface area (Å²) in [5.74, 6) is -0.233. The number of nitrogens with zero attached hydrogens (tertiary/aromatic N) is 1. The van der Waals surface area contributed by atoms with Gasteiger partial charge < -0.3 is 5.32 Å². The Morgan fingerprint density at radius 1 is 1.21 bits per heavy atom. The average molecular weight is 260 g/mol. The molecular weight excluding hydrogens is 247 g/mol. The van der Waals surface area contributed by atoms with Crippen LogP contribution in [0.3, 0.4) is 0 Å². The third-order valence-electron chi connectivity index (χ3n) is 2.81. The van der Waals surface area contributed by atoms with Crippen LogP contribution in [-0.4, -0.2) is 4.92 Å².